The lowest BCUT2D eigenvalue weighted by atomic mass is 10.2. The van der Waals surface area contributed by atoms with Gasteiger partial charge in [-0.15, -0.1) is 11.3 Å². The number of aromatic nitrogens is 1. The van der Waals surface area contributed by atoms with Gasteiger partial charge in [0.05, 0.1) is 12.2 Å². The van der Waals surface area contributed by atoms with Crippen molar-refractivity contribution >= 4 is 17.3 Å². The van der Waals surface area contributed by atoms with Crippen LogP contribution < -0.4 is 5.32 Å². The highest BCUT2D eigenvalue weighted by atomic mass is 32.1. The van der Waals surface area contributed by atoms with Crippen LogP contribution in [0.3, 0.4) is 0 Å². The Hall–Kier alpha value is -1.88. The highest BCUT2D eigenvalue weighted by Crippen LogP contribution is 2.21. The van der Waals surface area contributed by atoms with Crippen molar-refractivity contribution in [2.75, 3.05) is 20.6 Å². The molecule has 0 aliphatic rings. The molecule has 0 aliphatic carbocycles. The van der Waals surface area contributed by atoms with Crippen LogP contribution in [-0.4, -0.2) is 36.5 Å². The summed E-state index contributed by atoms with van der Waals surface area (Å²) >= 11 is 1.68. The van der Waals surface area contributed by atoms with Gasteiger partial charge in [0.15, 0.2) is 5.96 Å². The fourth-order valence-electron chi connectivity index (χ4n) is 2.17. The largest absolute Gasteiger partial charge is 0.350 e. The number of hydrogen-bond acceptors (Lipinski definition) is 3. The van der Waals surface area contributed by atoms with E-state index in [1.165, 1.54) is 12.8 Å². The zero-order valence-corrected chi connectivity index (χ0v) is 14.4. The maximum Gasteiger partial charge on any atom is 0.193 e. The van der Waals surface area contributed by atoms with E-state index in [1.54, 1.807) is 11.3 Å². The molecule has 22 heavy (non-hydrogen) atoms. The van der Waals surface area contributed by atoms with Crippen LogP contribution >= 0.6 is 11.3 Å². The number of hydrogen-bond donors (Lipinski definition) is 1. The minimum atomic E-state index is 0.709. The Morgan fingerprint density at radius 3 is 2.77 bits per heavy atom. The summed E-state index contributed by atoms with van der Waals surface area (Å²) in [5, 5.41) is 6.56. The number of unbranched alkanes of at least 4 members (excludes halogenated alkanes) is 1. The molecule has 0 atom stereocenters. The summed E-state index contributed by atoms with van der Waals surface area (Å²) in [6.45, 7) is 3.93. The van der Waals surface area contributed by atoms with Crippen LogP contribution in [-0.2, 0) is 6.54 Å². The zero-order valence-electron chi connectivity index (χ0n) is 13.5. The second-order valence-electron chi connectivity index (χ2n) is 5.17. The lowest BCUT2D eigenvalue weighted by Crippen LogP contribution is -2.38. The Balaban J connectivity index is 1.93. The molecule has 0 amide bonds. The van der Waals surface area contributed by atoms with E-state index in [4.69, 9.17) is 4.98 Å². The Morgan fingerprint density at radius 1 is 1.32 bits per heavy atom. The standard InChI is InChI=1S/C17H24N4S/c1-4-5-11-21(3)17(18-2)19-12-16-20-15(13-22-16)14-9-7-6-8-10-14/h6-10,13H,4-5,11-12H2,1-3H3,(H,18,19). The first kappa shape index (κ1) is 16.5. The van der Waals surface area contributed by atoms with Crippen molar-refractivity contribution in [2.45, 2.75) is 26.3 Å². The van der Waals surface area contributed by atoms with Gasteiger partial charge in [-0.2, -0.15) is 0 Å². The van der Waals surface area contributed by atoms with Gasteiger partial charge in [-0.05, 0) is 6.42 Å². The summed E-state index contributed by atoms with van der Waals surface area (Å²) in [6, 6.07) is 10.3. The molecule has 5 heteroatoms. The van der Waals surface area contributed by atoms with E-state index in [2.05, 4.69) is 46.7 Å². The number of nitrogens with zero attached hydrogens (tertiary/aromatic N) is 3. The second-order valence-corrected chi connectivity index (χ2v) is 6.11. The molecule has 118 valence electrons. The minimum Gasteiger partial charge on any atom is -0.350 e. The summed E-state index contributed by atoms with van der Waals surface area (Å²) in [7, 11) is 3.89. The maximum atomic E-state index is 4.69. The van der Waals surface area contributed by atoms with Crippen molar-refractivity contribution in [3.8, 4) is 11.3 Å². The molecule has 1 heterocycles. The molecular weight excluding hydrogens is 292 g/mol. The fourth-order valence-corrected chi connectivity index (χ4v) is 2.92. The van der Waals surface area contributed by atoms with Crippen LogP contribution in [0.2, 0.25) is 0 Å². The number of benzene rings is 1. The highest BCUT2D eigenvalue weighted by molar-refractivity contribution is 7.09. The Kier molecular flexibility index (Phi) is 6.40. The lowest BCUT2D eigenvalue weighted by molar-refractivity contribution is 0.464. The molecule has 0 fully saturated rings. The smallest absolute Gasteiger partial charge is 0.193 e. The molecule has 0 aliphatic heterocycles. The molecule has 0 saturated heterocycles. The summed E-state index contributed by atoms with van der Waals surface area (Å²) in [6.07, 6.45) is 2.36. The zero-order chi connectivity index (χ0) is 15.8. The van der Waals surface area contributed by atoms with E-state index in [0.29, 0.717) is 6.54 Å². The van der Waals surface area contributed by atoms with Gasteiger partial charge in [-0.1, -0.05) is 43.7 Å². The summed E-state index contributed by atoms with van der Waals surface area (Å²) in [5.74, 6) is 0.921. The maximum absolute atomic E-state index is 4.69. The van der Waals surface area contributed by atoms with Crippen LogP contribution in [0, 0.1) is 0 Å². The van der Waals surface area contributed by atoms with Crippen molar-refractivity contribution in [3.63, 3.8) is 0 Å². The number of rotatable bonds is 6. The normalized spacial score (nSPS) is 11.5. The molecular formula is C17H24N4S. The Morgan fingerprint density at radius 2 is 2.09 bits per heavy atom. The van der Waals surface area contributed by atoms with E-state index in [1.807, 2.05) is 25.2 Å². The molecule has 1 N–H and O–H groups in total. The van der Waals surface area contributed by atoms with Gasteiger partial charge in [0.2, 0.25) is 0 Å². The monoisotopic (exact) mass is 316 g/mol. The SMILES string of the molecule is CCCCN(C)C(=NC)NCc1nc(-c2ccccc2)cs1. The molecule has 0 spiro atoms. The highest BCUT2D eigenvalue weighted by Gasteiger charge is 2.08. The number of aliphatic imine (C=N–C) groups is 1. The van der Waals surface area contributed by atoms with Gasteiger partial charge in [-0.25, -0.2) is 4.98 Å². The van der Waals surface area contributed by atoms with E-state index in [0.717, 1.165) is 28.8 Å². The third-order valence-corrected chi connectivity index (χ3v) is 4.29. The minimum absolute atomic E-state index is 0.709. The summed E-state index contributed by atoms with van der Waals surface area (Å²) in [5.41, 5.74) is 2.20. The second kappa shape index (κ2) is 8.54. The van der Waals surface area contributed by atoms with Gasteiger partial charge < -0.3 is 10.2 Å². The first-order valence-corrected chi connectivity index (χ1v) is 8.54. The third-order valence-electron chi connectivity index (χ3n) is 3.44. The average Bonchev–Trinajstić information content (AvgIpc) is 3.03. The van der Waals surface area contributed by atoms with E-state index in [9.17, 15) is 0 Å². The third kappa shape index (κ3) is 4.56. The van der Waals surface area contributed by atoms with E-state index < -0.39 is 0 Å². The summed E-state index contributed by atoms with van der Waals surface area (Å²) in [4.78, 5) is 11.2. The quantitative estimate of drug-likeness (QED) is 0.653. The molecule has 0 bridgehead atoms. The van der Waals surface area contributed by atoms with Gasteiger partial charge in [0.1, 0.15) is 5.01 Å². The van der Waals surface area contributed by atoms with Gasteiger partial charge in [0.25, 0.3) is 0 Å². The predicted molar refractivity (Wildman–Crippen MR) is 95.3 cm³/mol. The van der Waals surface area contributed by atoms with Gasteiger partial charge in [0, 0.05) is 31.6 Å². The van der Waals surface area contributed by atoms with Gasteiger partial charge in [-0.3, -0.25) is 4.99 Å². The van der Waals surface area contributed by atoms with Crippen molar-refractivity contribution in [1.29, 1.82) is 0 Å². The fraction of sp³-hybridized carbons (Fsp3) is 0.412. The molecule has 1 aromatic heterocycles. The van der Waals surface area contributed by atoms with Gasteiger partial charge >= 0.3 is 0 Å². The molecule has 2 aromatic rings. The number of thiazole rings is 1. The van der Waals surface area contributed by atoms with E-state index in [-0.39, 0.29) is 0 Å². The van der Waals surface area contributed by atoms with E-state index >= 15 is 0 Å². The molecule has 0 saturated carbocycles. The van der Waals surface area contributed by atoms with Crippen molar-refractivity contribution < 1.29 is 0 Å². The van der Waals surface area contributed by atoms with Crippen LogP contribution in [0.5, 0.6) is 0 Å². The van der Waals surface area contributed by atoms with Crippen LogP contribution in [0.1, 0.15) is 24.8 Å². The van der Waals surface area contributed by atoms with Crippen molar-refractivity contribution in [1.82, 2.24) is 15.2 Å². The van der Waals surface area contributed by atoms with Crippen LogP contribution in [0.25, 0.3) is 11.3 Å². The number of nitrogens with one attached hydrogen (secondary N) is 1. The predicted octanol–water partition coefficient (Wildman–Crippen LogP) is 3.62. The Labute approximate surface area is 136 Å². The molecule has 2 rings (SSSR count). The average molecular weight is 316 g/mol. The molecule has 4 nitrogen and oxygen atoms in total. The first-order chi connectivity index (χ1) is 10.7. The molecule has 0 radical (unpaired) electrons. The van der Waals surface area contributed by atoms with Crippen LogP contribution in [0.4, 0.5) is 0 Å². The lowest BCUT2D eigenvalue weighted by Gasteiger charge is -2.21. The number of guanidine groups is 1. The Bertz CT molecular complexity index is 592. The first-order valence-electron chi connectivity index (χ1n) is 7.66. The molecule has 1 aromatic carbocycles. The van der Waals surface area contributed by atoms with Crippen LogP contribution in [0.15, 0.2) is 40.7 Å². The topological polar surface area (TPSA) is 40.5 Å². The molecule has 0 unspecified atom stereocenters. The summed E-state index contributed by atoms with van der Waals surface area (Å²) < 4.78 is 0. The van der Waals surface area contributed by atoms with Crippen molar-refractivity contribution in [2.24, 2.45) is 4.99 Å². The van der Waals surface area contributed by atoms with Crippen molar-refractivity contribution in [3.05, 3.63) is 40.7 Å².